The number of ether oxygens (including phenoxy) is 2. The van der Waals surface area contributed by atoms with Gasteiger partial charge >= 0.3 is 5.97 Å². The van der Waals surface area contributed by atoms with Crippen LogP contribution in [0.1, 0.15) is 19.4 Å². The van der Waals surface area contributed by atoms with Crippen LogP contribution in [-0.4, -0.2) is 30.8 Å². The zero-order chi connectivity index (χ0) is 13.5. The lowest BCUT2D eigenvalue weighted by Crippen LogP contribution is -2.21. The van der Waals surface area contributed by atoms with Crippen molar-refractivity contribution in [2.45, 2.75) is 26.5 Å². The number of methoxy groups -OCH3 is 1. The Bertz CT molecular complexity index is 404. The molecule has 1 aromatic carbocycles. The topological polar surface area (TPSA) is 67.8 Å². The molecule has 0 bridgehead atoms. The lowest BCUT2D eigenvalue weighted by molar-refractivity contribution is -0.135. The van der Waals surface area contributed by atoms with Crippen LogP contribution in [0.15, 0.2) is 18.2 Å². The van der Waals surface area contributed by atoms with Gasteiger partial charge in [0.15, 0.2) is 11.5 Å². The first-order chi connectivity index (χ1) is 8.52. The van der Waals surface area contributed by atoms with Crippen molar-refractivity contribution >= 4 is 5.97 Å². The maximum Gasteiger partial charge on any atom is 0.317 e. The largest absolute Gasteiger partial charge is 0.493 e. The van der Waals surface area contributed by atoms with Gasteiger partial charge in [0.05, 0.1) is 19.8 Å². The average Bonchev–Trinajstić information content (AvgIpc) is 2.29. The van der Waals surface area contributed by atoms with Crippen molar-refractivity contribution in [2.24, 2.45) is 0 Å². The maximum atomic E-state index is 10.4. The highest BCUT2D eigenvalue weighted by molar-refractivity contribution is 5.69. The second kappa shape index (κ2) is 6.86. The van der Waals surface area contributed by atoms with E-state index in [2.05, 4.69) is 5.32 Å². The van der Waals surface area contributed by atoms with E-state index in [9.17, 15) is 4.79 Å². The molecule has 0 aromatic heterocycles. The first-order valence-electron chi connectivity index (χ1n) is 5.79. The first-order valence-corrected chi connectivity index (χ1v) is 5.79. The molecule has 0 saturated heterocycles. The van der Waals surface area contributed by atoms with Crippen LogP contribution >= 0.6 is 0 Å². The fraction of sp³-hybridized carbons (Fsp3) is 0.462. The Hall–Kier alpha value is -1.75. The van der Waals surface area contributed by atoms with Crippen LogP contribution in [0.25, 0.3) is 0 Å². The number of aliphatic carboxylic acids is 1. The predicted molar refractivity (Wildman–Crippen MR) is 68.1 cm³/mol. The Labute approximate surface area is 107 Å². The number of hydrogen-bond acceptors (Lipinski definition) is 4. The van der Waals surface area contributed by atoms with Gasteiger partial charge in [-0.25, -0.2) is 0 Å². The number of nitrogens with one attached hydrogen (secondary N) is 1. The van der Waals surface area contributed by atoms with E-state index in [0.29, 0.717) is 18.0 Å². The summed E-state index contributed by atoms with van der Waals surface area (Å²) in [7, 11) is 1.58. The highest BCUT2D eigenvalue weighted by atomic mass is 16.5. The van der Waals surface area contributed by atoms with E-state index in [1.165, 1.54) is 0 Å². The molecule has 0 unspecified atom stereocenters. The van der Waals surface area contributed by atoms with Gasteiger partial charge in [0.1, 0.15) is 0 Å². The van der Waals surface area contributed by atoms with Gasteiger partial charge in [-0.05, 0) is 31.5 Å². The molecule has 1 aromatic rings. The van der Waals surface area contributed by atoms with Crippen LogP contribution in [0.3, 0.4) is 0 Å². The van der Waals surface area contributed by atoms with Gasteiger partial charge in [0.2, 0.25) is 0 Å². The molecule has 18 heavy (non-hydrogen) atoms. The van der Waals surface area contributed by atoms with Crippen molar-refractivity contribution in [1.82, 2.24) is 5.32 Å². The van der Waals surface area contributed by atoms with Crippen molar-refractivity contribution < 1.29 is 19.4 Å². The van der Waals surface area contributed by atoms with E-state index >= 15 is 0 Å². The minimum Gasteiger partial charge on any atom is -0.493 e. The summed E-state index contributed by atoms with van der Waals surface area (Å²) in [4.78, 5) is 10.4. The van der Waals surface area contributed by atoms with E-state index in [0.717, 1.165) is 5.56 Å². The summed E-state index contributed by atoms with van der Waals surface area (Å²) in [5.74, 6) is 0.467. The van der Waals surface area contributed by atoms with Gasteiger partial charge < -0.3 is 19.9 Å². The summed E-state index contributed by atoms with van der Waals surface area (Å²) in [5.41, 5.74) is 0.948. The third-order valence-electron chi connectivity index (χ3n) is 2.20. The molecular weight excluding hydrogens is 234 g/mol. The lowest BCUT2D eigenvalue weighted by Gasteiger charge is -2.14. The second-order valence-corrected chi connectivity index (χ2v) is 4.15. The minimum atomic E-state index is -0.873. The smallest absolute Gasteiger partial charge is 0.317 e. The molecule has 0 aliphatic rings. The second-order valence-electron chi connectivity index (χ2n) is 4.15. The molecule has 0 aliphatic heterocycles. The fourth-order valence-electron chi connectivity index (χ4n) is 1.49. The monoisotopic (exact) mass is 253 g/mol. The molecule has 0 saturated carbocycles. The average molecular weight is 253 g/mol. The van der Waals surface area contributed by atoms with Crippen LogP contribution in [-0.2, 0) is 11.3 Å². The number of carbonyl (C=O) groups is 1. The summed E-state index contributed by atoms with van der Waals surface area (Å²) in [5, 5.41) is 11.3. The molecule has 0 spiro atoms. The van der Waals surface area contributed by atoms with Crippen molar-refractivity contribution in [3.05, 3.63) is 23.8 Å². The number of carboxylic acids is 1. The van der Waals surface area contributed by atoms with Crippen LogP contribution in [0.2, 0.25) is 0 Å². The van der Waals surface area contributed by atoms with E-state index in [4.69, 9.17) is 14.6 Å². The van der Waals surface area contributed by atoms with Gasteiger partial charge in [-0.15, -0.1) is 0 Å². The summed E-state index contributed by atoms with van der Waals surface area (Å²) < 4.78 is 10.8. The Morgan fingerprint density at radius 2 is 2.11 bits per heavy atom. The molecule has 0 fully saturated rings. The van der Waals surface area contributed by atoms with Crippen LogP contribution in [0.5, 0.6) is 11.5 Å². The molecule has 5 nitrogen and oxygen atoms in total. The summed E-state index contributed by atoms with van der Waals surface area (Å²) in [6.45, 7) is 4.31. The third-order valence-corrected chi connectivity index (χ3v) is 2.20. The Morgan fingerprint density at radius 1 is 1.39 bits per heavy atom. The van der Waals surface area contributed by atoms with Crippen molar-refractivity contribution in [3.63, 3.8) is 0 Å². The molecule has 5 heteroatoms. The number of hydrogen-bond donors (Lipinski definition) is 2. The standard InChI is InChI=1S/C13H19NO4/c1-9(2)18-11-5-4-10(6-12(11)17-3)7-14-8-13(15)16/h4-6,9,14H,7-8H2,1-3H3,(H,15,16). The zero-order valence-electron chi connectivity index (χ0n) is 10.9. The fourth-order valence-corrected chi connectivity index (χ4v) is 1.49. The van der Waals surface area contributed by atoms with Crippen LogP contribution in [0.4, 0.5) is 0 Å². The van der Waals surface area contributed by atoms with E-state index in [1.807, 2.05) is 32.0 Å². The summed E-state index contributed by atoms with van der Waals surface area (Å²) in [6.07, 6.45) is 0.0786. The molecule has 2 N–H and O–H groups in total. The number of rotatable bonds is 7. The highest BCUT2D eigenvalue weighted by Gasteiger charge is 2.07. The Kier molecular flexibility index (Phi) is 5.45. The molecule has 1 rings (SSSR count). The van der Waals surface area contributed by atoms with Gasteiger partial charge in [0, 0.05) is 6.54 Å². The summed E-state index contributed by atoms with van der Waals surface area (Å²) >= 11 is 0. The Morgan fingerprint density at radius 3 is 2.67 bits per heavy atom. The normalized spacial score (nSPS) is 10.4. The maximum absolute atomic E-state index is 10.4. The lowest BCUT2D eigenvalue weighted by atomic mass is 10.2. The molecule has 0 atom stereocenters. The predicted octanol–water partition coefficient (Wildman–Crippen LogP) is 1.66. The molecule has 0 heterocycles. The quantitative estimate of drug-likeness (QED) is 0.773. The first kappa shape index (κ1) is 14.3. The molecule has 100 valence electrons. The van der Waals surface area contributed by atoms with Crippen molar-refractivity contribution in [2.75, 3.05) is 13.7 Å². The molecule has 0 aliphatic carbocycles. The van der Waals surface area contributed by atoms with Crippen LogP contribution in [0, 0.1) is 0 Å². The van der Waals surface area contributed by atoms with Gasteiger partial charge in [-0.1, -0.05) is 6.07 Å². The van der Waals surface area contributed by atoms with Crippen molar-refractivity contribution in [3.8, 4) is 11.5 Å². The highest BCUT2D eigenvalue weighted by Crippen LogP contribution is 2.28. The number of carboxylic acid groups (broad SMARTS) is 1. The summed E-state index contributed by atoms with van der Waals surface area (Å²) in [6, 6.07) is 5.55. The van der Waals surface area contributed by atoms with Gasteiger partial charge in [-0.2, -0.15) is 0 Å². The third kappa shape index (κ3) is 4.63. The van der Waals surface area contributed by atoms with E-state index < -0.39 is 5.97 Å². The minimum absolute atomic E-state index is 0.0629. The SMILES string of the molecule is COc1cc(CNCC(=O)O)ccc1OC(C)C. The van der Waals surface area contributed by atoms with Gasteiger partial charge in [0.25, 0.3) is 0 Å². The van der Waals surface area contributed by atoms with Crippen LogP contribution < -0.4 is 14.8 Å². The van der Waals surface area contributed by atoms with E-state index in [-0.39, 0.29) is 12.6 Å². The van der Waals surface area contributed by atoms with E-state index in [1.54, 1.807) is 7.11 Å². The Balaban J connectivity index is 2.69. The number of benzene rings is 1. The van der Waals surface area contributed by atoms with Gasteiger partial charge in [-0.3, -0.25) is 4.79 Å². The zero-order valence-corrected chi connectivity index (χ0v) is 10.9. The molecule has 0 amide bonds. The molecule has 0 radical (unpaired) electrons. The van der Waals surface area contributed by atoms with Crippen molar-refractivity contribution in [1.29, 1.82) is 0 Å². The molecular formula is C13H19NO4.